The lowest BCUT2D eigenvalue weighted by Gasteiger charge is -2.24. The normalized spacial score (nSPS) is 10.7. The number of para-hydroxylation sites is 1. The number of hydrogen-bond acceptors (Lipinski definition) is 4. The van der Waals surface area contributed by atoms with Crippen LogP contribution in [-0.2, 0) is 0 Å². The second-order valence-corrected chi connectivity index (χ2v) is 7.13. The summed E-state index contributed by atoms with van der Waals surface area (Å²) in [7, 11) is 0. The minimum absolute atomic E-state index is 0.200. The fourth-order valence-corrected chi connectivity index (χ4v) is 3.51. The number of phenols is 1. The van der Waals surface area contributed by atoms with Gasteiger partial charge in [-0.25, -0.2) is 4.79 Å². The van der Waals surface area contributed by atoms with Crippen LogP contribution in [0.25, 0.3) is 0 Å². The highest BCUT2D eigenvalue weighted by molar-refractivity contribution is 7.12. The third kappa shape index (κ3) is 5.08. The van der Waals surface area contributed by atoms with Crippen LogP contribution < -0.4 is 4.90 Å². The zero-order valence-corrected chi connectivity index (χ0v) is 15.8. The number of anilines is 1. The van der Waals surface area contributed by atoms with Crippen molar-refractivity contribution in [3.8, 4) is 5.75 Å². The monoisotopic (exact) mass is 375 g/mol. The number of thiophene rings is 1. The molecular weight excluding hydrogens is 350 g/mol. The first-order chi connectivity index (χ1) is 12.6. The standard InChI is InChI=1S/C20H25NO4S/c1-2-3-4-5-6-7-13-21(19(23)17-12-9-14-26-17)16-11-8-10-15(18(16)22)20(24)25/h8-12,14,22H,2-7,13H2,1H3,(H,24,25). The van der Waals surface area contributed by atoms with Crippen molar-refractivity contribution in [2.45, 2.75) is 45.4 Å². The van der Waals surface area contributed by atoms with Crippen LogP contribution in [0.1, 0.15) is 65.5 Å². The first-order valence-corrected chi connectivity index (χ1v) is 9.84. The number of aromatic hydroxyl groups is 1. The van der Waals surface area contributed by atoms with Crippen molar-refractivity contribution in [1.29, 1.82) is 0 Å². The van der Waals surface area contributed by atoms with Gasteiger partial charge in [0.05, 0.1) is 10.6 Å². The summed E-state index contributed by atoms with van der Waals surface area (Å²) in [6.07, 6.45) is 6.47. The van der Waals surface area contributed by atoms with Crippen LogP contribution in [0.4, 0.5) is 5.69 Å². The maximum Gasteiger partial charge on any atom is 0.339 e. The molecule has 1 heterocycles. The van der Waals surface area contributed by atoms with Gasteiger partial charge in [0.1, 0.15) is 5.56 Å². The van der Waals surface area contributed by atoms with E-state index in [4.69, 9.17) is 0 Å². The summed E-state index contributed by atoms with van der Waals surface area (Å²) in [5.74, 6) is -1.80. The molecule has 0 aliphatic carbocycles. The van der Waals surface area contributed by atoms with Crippen molar-refractivity contribution in [2.24, 2.45) is 0 Å². The fraction of sp³-hybridized carbons (Fsp3) is 0.400. The summed E-state index contributed by atoms with van der Waals surface area (Å²) in [6, 6.07) is 8.01. The summed E-state index contributed by atoms with van der Waals surface area (Å²) >= 11 is 1.33. The number of carboxylic acid groups (broad SMARTS) is 1. The molecule has 0 aliphatic rings. The largest absolute Gasteiger partial charge is 0.505 e. The molecule has 0 unspecified atom stereocenters. The quantitative estimate of drug-likeness (QED) is 0.562. The van der Waals surface area contributed by atoms with Gasteiger partial charge >= 0.3 is 5.97 Å². The summed E-state index contributed by atoms with van der Waals surface area (Å²) in [5.41, 5.74) is 0.0475. The van der Waals surface area contributed by atoms with Crippen LogP contribution in [0.15, 0.2) is 35.7 Å². The average molecular weight is 375 g/mol. The fourth-order valence-electron chi connectivity index (χ4n) is 2.84. The third-order valence-electron chi connectivity index (χ3n) is 4.25. The highest BCUT2D eigenvalue weighted by atomic mass is 32.1. The molecule has 26 heavy (non-hydrogen) atoms. The Morgan fingerprint density at radius 1 is 1.04 bits per heavy atom. The number of carbonyl (C=O) groups excluding carboxylic acids is 1. The van der Waals surface area contributed by atoms with Gasteiger partial charge in [0.15, 0.2) is 5.75 Å². The van der Waals surface area contributed by atoms with Crippen molar-refractivity contribution < 1.29 is 19.8 Å². The molecule has 1 amide bonds. The SMILES string of the molecule is CCCCCCCCN(C(=O)c1cccs1)c1cccc(C(=O)O)c1O. The number of unbranched alkanes of at least 4 members (excludes halogenated alkanes) is 5. The van der Waals surface area contributed by atoms with E-state index >= 15 is 0 Å². The van der Waals surface area contributed by atoms with Crippen molar-refractivity contribution in [3.63, 3.8) is 0 Å². The highest BCUT2D eigenvalue weighted by Gasteiger charge is 2.23. The molecule has 1 aromatic heterocycles. The zero-order chi connectivity index (χ0) is 18.9. The molecule has 140 valence electrons. The Morgan fingerprint density at radius 3 is 2.42 bits per heavy atom. The molecule has 0 aliphatic heterocycles. The minimum atomic E-state index is -1.22. The van der Waals surface area contributed by atoms with Gasteiger partial charge in [-0.05, 0) is 30.0 Å². The number of rotatable bonds is 10. The van der Waals surface area contributed by atoms with Gasteiger partial charge in [0, 0.05) is 6.54 Å². The van der Waals surface area contributed by atoms with E-state index in [9.17, 15) is 19.8 Å². The number of carboxylic acids is 1. The molecule has 2 rings (SSSR count). The van der Waals surface area contributed by atoms with E-state index in [1.807, 2.05) is 5.38 Å². The van der Waals surface area contributed by atoms with Gasteiger partial charge in [0.2, 0.25) is 0 Å². The van der Waals surface area contributed by atoms with Gasteiger partial charge < -0.3 is 15.1 Å². The lowest BCUT2D eigenvalue weighted by atomic mass is 10.1. The van der Waals surface area contributed by atoms with Gasteiger partial charge in [-0.1, -0.05) is 51.2 Å². The summed E-state index contributed by atoms with van der Waals surface area (Å²) in [6.45, 7) is 2.61. The molecule has 2 N–H and O–H groups in total. The lowest BCUT2D eigenvalue weighted by molar-refractivity contribution is 0.0693. The molecule has 0 saturated heterocycles. The van der Waals surface area contributed by atoms with Crippen LogP contribution in [0.3, 0.4) is 0 Å². The highest BCUT2D eigenvalue weighted by Crippen LogP contribution is 2.32. The van der Waals surface area contributed by atoms with E-state index in [0.717, 1.165) is 19.3 Å². The molecule has 2 aromatic rings. The van der Waals surface area contributed by atoms with E-state index in [1.54, 1.807) is 24.3 Å². The molecule has 0 saturated carbocycles. The number of benzene rings is 1. The number of hydrogen-bond donors (Lipinski definition) is 2. The first kappa shape index (κ1) is 20.0. The minimum Gasteiger partial charge on any atom is -0.505 e. The van der Waals surface area contributed by atoms with Gasteiger partial charge in [-0.2, -0.15) is 0 Å². The molecule has 1 aromatic carbocycles. The molecule has 0 bridgehead atoms. The summed E-state index contributed by atoms with van der Waals surface area (Å²) in [5, 5.41) is 21.4. The Balaban J connectivity index is 2.19. The number of carbonyl (C=O) groups is 2. The zero-order valence-electron chi connectivity index (χ0n) is 15.0. The van der Waals surface area contributed by atoms with Gasteiger partial charge in [0.25, 0.3) is 5.91 Å². The van der Waals surface area contributed by atoms with Crippen molar-refractivity contribution in [3.05, 3.63) is 46.2 Å². The van der Waals surface area contributed by atoms with Crippen molar-refractivity contribution >= 4 is 28.9 Å². The number of nitrogens with zero attached hydrogens (tertiary/aromatic N) is 1. The number of aromatic carboxylic acids is 1. The second-order valence-electron chi connectivity index (χ2n) is 6.18. The first-order valence-electron chi connectivity index (χ1n) is 8.97. The van der Waals surface area contributed by atoms with Crippen molar-refractivity contribution in [2.75, 3.05) is 11.4 Å². The molecule has 5 nitrogen and oxygen atoms in total. The maximum atomic E-state index is 12.9. The van der Waals surface area contributed by atoms with Crippen LogP contribution in [0.2, 0.25) is 0 Å². The Bertz CT molecular complexity index is 727. The maximum absolute atomic E-state index is 12.9. The smallest absolute Gasteiger partial charge is 0.339 e. The summed E-state index contributed by atoms with van der Waals surface area (Å²) < 4.78 is 0. The molecule has 0 atom stereocenters. The Morgan fingerprint density at radius 2 is 1.77 bits per heavy atom. The van der Waals surface area contributed by atoms with Crippen LogP contribution >= 0.6 is 11.3 Å². The second kappa shape index (κ2) is 9.97. The van der Waals surface area contributed by atoms with E-state index in [0.29, 0.717) is 11.4 Å². The molecule has 0 spiro atoms. The topological polar surface area (TPSA) is 77.8 Å². The van der Waals surface area contributed by atoms with E-state index in [2.05, 4.69) is 6.92 Å². The molecule has 0 radical (unpaired) electrons. The molecule has 0 fully saturated rings. The Labute approximate surface area is 157 Å². The summed E-state index contributed by atoms with van der Waals surface area (Å²) in [4.78, 5) is 26.2. The predicted molar refractivity (Wildman–Crippen MR) is 104 cm³/mol. The van der Waals surface area contributed by atoms with Crippen molar-refractivity contribution in [1.82, 2.24) is 0 Å². The van der Waals surface area contributed by atoms with Gasteiger partial charge in [-0.15, -0.1) is 11.3 Å². The lowest BCUT2D eigenvalue weighted by Crippen LogP contribution is -2.31. The van der Waals surface area contributed by atoms with Crippen LogP contribution in [0.5, 0.6) is 5.75 Å². The average Bonchev–Trinajstić information content (AvgIpc) is 3.16. The van der Waals surface area contributed by atoms with E-state index < -0.39 is 5.97 Å². The Hall–Kier alpha value is -2.34. The molecular formula is C20H25NO4S. The predicted octanol–water partition coefficient (Wildman–Crippen LogP) is 5.16. The molecule has 6 heteroatoms. The van der Waals surface area contributed by atoms with Crippen LogP contribution in [-0.4, -0.2) is 28.6 Å². The number of amides is 1. The Kier molecular flexibility index (Phi) is 7.66. The van der Waals surface area contributed by atoms with Gasteiger partial charge in [-0.3, -0.25) is 4.79 Å². The van der Waals surface area contributed by atoms with E-state index in [-0.39, 0.29) is 22.9 Å². The third-order valence-corrected chi connectivity index (χ3v) is 5.11. The van der Waals surface area contributed by atoms with E-state index in [1.165, 1.54) is 41.6 Å². The van der Waals surface area contributed by atoms with Crippen LogP contribution in [0, 0.1) is 0 Å².